The molecule has 13 heavy (non-hydrogen) atoms. The van der Waals surface area contributed by atoms with Crippen molar-refractivity contribution in [2.75, 3.05) is 6.26 Å². The van der Waals surface area contributed by atoms with Crippen molar-refractivity contribution in [3.8, 4) is 5.75 Å². The summed E-state index contributed by atoms with van der Waals surface area (Å²) in [5.41, 5.74) is 0. The fourth-order valence-electron chi connectivity index (χ4n) is 1.24. The predicted molar refractivity (Wildman–Crippen MR) is 62.5 cm³/mol. The van der Waals surface area contributed by atoms with E-state index in [-0.39, 0.29) is 0 Å². The van der Waals surface area contributed by atoms with Crippen LogP contribution < -0.4 is 0 Å². The zero-order chi connectivity index (χ0) is 9.42. The van der Waals surface area contributed by atoms with Crippen molar-refractivity contribution in [1.29, 1.82) is 0 Å². The van der Waals surface area contributed by atoms with Crippen LogP contribution in [0.2, 0.25) is 0 Å². The first kappa shape index (κ1) is 9.24. The molecule has 0 aliphatic carbocycles. The average Bonchev–Trinajstić information content (AvgIpc) is 2.49. The Morgan fingerprint density at radius 1 is 1.46 bits per heavy atom. The standard InChI is InChI=1S/C9H8OS3/c1-12-7-3-2-6-8(9(7)11)5(10)4-13-6/h2-4,10-11H,1H3. The van der Waals surface area contributed by atoms with Crippen LogP contribution in [-0.2, 0) is 0 Å². The van der Waals surface area contributed by atoms with Crippen LogP contribution in [0.3, 0.4) is 0 Å². The van der Waals surface area contributed by atoms with E-state index in [1.165, 1.54) is 11.3 Å². The number of thiol groups is 1. The fraction of sp³-hybridized carbons (Fsp3) is 0.111. The highest BCUT2D eigenvalue weighted by atomic mass is 32.2. The summed E-state index contributed by atoms with van der Waals surface area (Å²) in [4.78, 5) is 1.98. The molecule has 0 unspecified atom stereocenters. The van der Waals surface area contributed by atoms with Crippen molar-refractivity contribution in [3.63, 3.8) is 0 Å². The van der Waals surface area contributed by atoms with Gasteiger partial charge in [0, 0.05) is 25.3 Å². The minimum absolute atomic E-state index is 0.334. The first-order chi connectivity index (χ1) is 6.24. The van der Waals surface area contributed by atoms with E-state index in [0.717, 1.165) is 19.9 Å². The van der Waals surface area contributed by atoms with Crippen LogP contribution in [0.15, 0.2) is 27.3 Å². The number of hydrogen-bond donors (Lipinski definition) is 2. The van der Waals surface area contributed by atoms with Crippen LogP contribution in [0.25, 0.3) is 10.1 Å². The van der Waals surface area contributed by atoms with Gasteiger partial charge >= 0.3 is 0 Å². The maximum Gasteiger partial charge on any atom is 0.135 e. The van der Waals surface area contributed by atoms with Crippen LogP contribution in [-0.4, -0.2) is 11.4 Å². The number of benzene rings is 1. The third kappa shape index (κ3) is 1.43. The summed E-state index contributed by atoms with van der Waals surface area (Å²) in [7, 11) is 0. The first-order valence-corrected chi connectivity index (χ1v) is 6.25. The number of aromatic hydroxyl groups is 1. The van der Waals surface area contributed by atoms with Gasteiger partial charge in [-0.05, 0) is 18.4 Å². The highest BCUT2D eigenvalue weighted by Gasteiger charge is 2.08. The summed E-state index contributed by atoms with van der Waals surface area (Å²) in [6, 6.07) is 4.05. The summed E-state index contributed by atoms with van der Waals surface area (Å²) in [5, 5.41) is 12.2. The molecule has 1 heterocycles. The summed E-state index contributed by atoms with van der Waals surface area (Å²) in [5.74, 6) is 0.334. The second-order valence-electron chi connectivity index (χ2n) is 2.61. The highest BCUT2D eigenvalue weighted by Crippen LogP contribution is 2.39. The minimum Gasteiger partial charge on any atom is -0.506 e. The van der Waals surface area contributed by atoms with Gasteiger partial charge in [-0.15, -0.1) is 35.7 Å². The van der Waals surface area contributed by atoms with Crippen LogP contribution in [0, 0.1) is 0 Å². The smallest absolute Gasteiger partial charge is 0.135 e. The Kier molecular flexibility index (Phi) is 2.45. The van der Waals surface area contributed by atoms with Gasteiger partial charge in [-0.1, -0.05) is 0 Å². The Hall–Kier alpha value is -0.320. The Bertz CT molecular complexity index is 447. The van der Waals surface area contributed by atoms with Gasteiger partial charge in [0.25, 0.3) is 0 Å². The average molecular weight is 228 g/mol. The second-order valence-corrected chi connectivity index (χ2v) is 4.82. The fourth-order valence-corrected chi connectivity index (χ4v) is 3.23. The van der Waals surface area contributed by atoms with Crippen molar-refractivity contribution in [3.05, 3.63) is 17.5 Å². The maximum atomic E-state index is 9.56. The lowest BCUT2D eigenvalue weighted by atomic mass is 10.2. The van der Waals surface area contributed by atoms with Gasteiger partial charge in [0.1, 0.15) is 5.75 Å². The Labute approximate surface area is 90.2 Å². The zero-order valence-electron chi connectivity index (χ0n) is 6.94. The van der Waals surface area contributed by atoms with Gasteiger partial charge in [0.15, 0.2) is 0 Å². The van der Waals surface area contributed by atoms with E-state index in [1.807, 2.05) is 18.4 Å². The van der Waals surface area contributed by atoms with Crippen molar-refractivity contribution in [2.24, 2.45) is 0 Å². The Morgan fingerprint density at radius 2 is 2.23 bits per heavy atom. The number of thiophene rings is 1. The van der Waals surface area contributed by atoms with Crippen molar-refractivity contribution >= 4 is 45.8 Å². The van der Waals surface area contributed by atoms with Crippen LogP contribution in [0.1, 0.15) is 0 Å². The first-order valence-electron chi connectivity index (χ1n) is 3.70. The highest BCUT2D eigenvalue weighted by molar-refractivity contribution is 7.99. The molecular weight excluding hydrogens is 220 g/mol. The van der Waals surface area contributed by atoms with Crippen molar-refractivity contribution in [2.45, 2.75) is 9.79 Å². The molecule has 2 rings (SSSR count). The molecule has 1 nitrogen and oxygen atoms in total. The van der Waals surface area contributed by atoms with Gasteiger partial charge < -0.3 is 5.11 Å². The quantitative estimate of drug-likeness (QED) is 0.574. The Balaban J connectivity index is 2.83. The molecule has 0 saturated carbocycles. The third-order valence-corrected chi connectivity index (χ3v) is 4.21. The van der Waals surface area contributed by atoms with Gasteiger partial charge in [0.2, 0.25) is 0 Å². The molecular formula is C9H8OS3. The molecule has 0 aliphatic rings. The summed E-state index contributed by atoms with van der Waals surface area (Å²) in [6.07, 6.45) is 2.00. The van der Waals surface area contributed by atoms with E-state index in [9.17, 15) is 5.11 Å². The van der Waals surface area contributed by atoms with Gasteiger partial charge in [-0.2, -0.15) is 0 Å². The normalized spacial score (nSPS) is 10.9. The molecule has 2 aromatic rings. The monoisotopic (exact) mass is 228 g/mol. The number of rotatable bonds is 1. The van der Waals surface area contributed by atoms with Crippen LogP contribution in [0.4, 0.5) is 0 Å². The second kappa shape index (κ2) is 3.44. The SMILES string of the molecule is CSc1ccc2scc(O)c2c1S. The predicted octanol–water partition coefficient (Wildman–Crippen LogP) is 3.62. The van der Waals surface area contributed by atoms with Gasteiger partial charge in [0.05, 0.1) is 0 Å². The lowest BCUT2D eigenvalue weighted by Gasteiger charge is -2.02. The largest absolute Gasteiger partial charge is 0.506 e. The molecule has 0 radical (unpaired) electrons. The van der Waals surface area contributed by atoms with Crippen LogP contribution in [0.5, 0.6) is 5.75 Å². The number of hydrogen-bond acceptors (Lipinski definition) is 4. The maximum absolute atomic E-state index is 9.56. The number of fused-ring (bicyclic) bond motifs is 1. The van der Waals surface area contributed by atoms with E-state index in [1.54, 1.807) is 17.1 Å². The van der Waals surface area contributed by atoms with E-state index < -0.39 is 0 Å². The summed E-state index contributed by atoms with van der Waals surface area (Å²) < 4.78 is 1.08. The molecule has 0 atom stereocenters. The molecule has 0 spiro atoms. The number of thioether (sulfide) groups is 1. The van der Waals surface area contributed by atoms with E-state index in [2.05, 4.69) is 12.6 Å². The molecule has 0 fully saturated rings. The molecule has 68 valence electrons. The topological polar surface area (TPSA) is 20.2 Å². The molecule has 0 aliphatic heterocycles. The van der Waals surface area contributed by atoms with Gasteiger partial charge in [-0.3, -0.25) is 0 Å². The summed E-state index contributed by atoms with van der Waals surface area (Å²) >= 11 is 7.58. The lowest BCUT2D eigenvalue weighted by molar-refractivity contribution is 0.483. The van der Waals surface area contributed by atoms with E-state index in [4.69, 9.17) is 0 Å². The lowest BCUT2D eigenvalue weighted by Crippen LogP contribution is -1.74. The van der Waals surface area contributed by atoms with Crippen molar-refractivity contribution < 1.29 is 5.11 Å². The molecule has 0 bridgehead atoms. The Morgan fingerprint density at radius 3 is 2.92 bits per heavy atom. The zero-order valence-corrected chi connectivity index (χ0v) is 9.47. The molecule has 1 aromatic heterocycles. The van der Waals surface area contributed by atoms with Gasteiger partial charge in [-0.25, -0.2) is 0 Å². The van der Waals surface area contributed by atoms with E-state index in [0.29, 0.717) is 5.75 Å². The third-order valence-electron chi connectivity index (χ3n) is 1.88. The summed E-state index contributed by atoms with van der Waals surface area (Å²) in [6.45, 7) is 0. The molecule has 1 N–H and O–H groups in total. The van der Waals surface area contributed by atoms with E-state index >= 15 is 0 Å². The molecule has 1 aromatic carbocycles. The minimum atomic E-state index is 0.334. The molecule has 4 heteroatoms. The molecule has 0 saturated heterocycles. The molecule has 0 amide bonds. The van der Waals surface area contributed by atoms with Crippen molar-refractivity contribution in [1.82, 2.24) is 0 Å². The van der Waals surface area contributed by atoms with Crippen LogP contribution >= 0.6 is 35.7 Å².